The molecule has 1 aromatic carbocycles. The van der Waals surface area contributed by atoms with Crippen molar-refractivity contribution >= 4 is 35.7 Å². The Morgan fingerprint density at radius 3 is 2.59 bits per heavy atom. The van der Waals surface area contributed by atoms with Crippen molar-refractivity contribution in [3.05, 3.63) is 28.8 Å². The van der Waals surface area contributed by atoms with Gasteiger partial charge >= 0.3 is 5.97 Å². The lowest BCUT2D eigenvalue weighted by molar-refractivity contribution is 0.0482. The summed E-state index contributed by atoms with van der Waals surface area (Å²) in [6, 6.07) is 5.32. The van der Waals surface area contributed by atoms with E-state index in [2.05, 4.69) is 12.2 Å². The zero-order valence-electron chi connectivity index (χ0n) is 13.3. The lowest BCUT2D eigenvalue weighted by atomic mass is 10.2. The highest BCUT2D eigenvalue weighted by molar-refractivity contribution is 6.33. The van der Waals surface area contributed by atoms with Gasteiger partial charge in [0.2, 0.25) is 0 Å². The van der Waals surface area contributed by atoms with Gasteiger partial charge in [-0.2, -0.15) is 0 Å². The third kappa shape index (κ3) is 8.44. The maximum atomic E-state index is 11.9. The molecule has 0 saturated heterocycles. The summed E-state index contributed by atoms with van der Waals surface area (Å²) >= 11 is 6.13. The first-order valence-corrected chi connectivity index (χ1v) is 7.27. The Morgan fingerprint density at radius 1 is 1.36 bits per heavy atom. The van der Waals surface area contributed by atoms with E-state index in [4.69, 9.17) is 16.3 Å². The summed E-state index contributed by atoms with van der Waals surface area (Å²) < 4.78 is 5.17. The van der Waals surface area contributed by atoms with Crippen LogP contribution in [-0.4, -0.2) is 50.1 Å². The van der Waals surface area contributed by atoms with Crippen molar-refractivity contribution in [2.24, 2.45) is 0 Å². The number of rotatable bonds is 8. The van der Waals surface area contributed by atoms with Gasteiger partial charge < -0.3 is 20.4 Å². The van der Waals surface area contributed by atoms with Crippen molar-refractivity contribution in [2.75, 3.05) is 39.1 Å². The topological polar surface area (TPSA) is 73.1 Å². The molecule has 128 valence electrons. The van der Waals surface area contributed by atoms with Crippen LogP contribution in [0.5, 0.6) is 0 Å². The second kappa shape index (κ2) is 12.5. The predicted octanol–water partition coefficient (Wildman–Crippen LogP) is 2.87. The Hall–Kier alpha value is -1.01. The molecular formula is C15H26Cl2N2O3. The van der Waals surface area contributed by atoms with E-state index in [0.717, 1.165) is 25.1 Å². The third-order valence-electron chi connectivity index (χ3n) is 2.82. The van der Waals surface area contributed by atoms with Crippen molar-refractivity contribution in [3.63, 3.8) is 0 Å². The van der Waals surface area contributed by atoms with E-state index >= 15 is 0 Å². The van der Waals surface area contributed by atoms with E-state index < -0.39 is 0 Å². The zero-order chi connectivity index (χ0) is 15.0. The Morgan fingerprint density at radius 2 is 2.05 bits per heavy atom. The van der Waals surface area contributed by atoms with Crippen molar-refractivity contribution in [2.45, 2.75) is 19.8 Å². The SMILES string of the molecule is CCCCNc1ccc(C(=O)OCCN(C)C)c(Cl)c1.Cl.O. The molecule has 0 amide bonds. The second-order valence-electron chi connectivity index (χ2n) is 4.91. The number of unbranched alkanes of at least 4 members (excludes halogenated alkanes) is 1. The molecule has 0 fully saturated rings. The average Bonchev–Trinajstić information content (AvgIpc) is 2.38. The monoisotopic (exact) mass is 352 g/mol. The highest BCUT2D eigenvalue weighted by atomic mass is 35.5. The number of hydrogen-bond acceptors (Lipinski definition) is 4. The maximum absolute atomic E-state index is 11.9. The summed E-state index contributed by atoms with van der Waals surface area (Å²) in [6.45, 7) is 4.10. The van der Waals surface area contributed by atoms with Gasteiger partial charge in [0.1, 0.15) is 6.61 Å². The number of esters is 1. The van der Waals surface area contributed by atoms with Crippen molar-refractivity contribution in [3.8, 4) is 0 Å². The maximum Gasteiger partial charge on any atom is 0.339 e. The van der Waals surface area contributed by atoms with Gasteiger partial charge in [0, 0.05) is 18.8 Å². The van der Waals surface area contributed by atoms with Gasteiger partial charge in [-0.05, 0) is 38.7 Å². The number of nitrogens with one attached hydrogen (secondary N) is 1. The number of anilines is 1. The van der Waals surface area contributed by atoms with Gasteiger partial charge in [-0.25, -0.2) is 4.79 Å². The molecule has 22 heavy (non-hydrogen) atoms. The zero-order valence-corrected chi connectivity index (χ0v) is 14.9. The van der Waals surface area contributed by atoms with E-state index in [1.54, 1.807) is 12.1 Å². The van der Waals surface area contributed by atoms with Crippen LogP contribution >= 0.6 is 24.0 Å². The standard InChI is InChI=1S/C15H23ClN2O2.ClH.H2O/c1-4-5-8-17-12-6-7-13(14(16)11-12)15(19)20-10-9-18(2)3;;/h6-7,11,17H,4-5,8-10H2,1-3H3;1H;1H2. The molecule has 0 aromatic heterocycles. The molecule has 0 heterocycles. The first-order chi connectivity index (χ1) is 9.54. The van der Waals surface area contributed by atoms with Gasteiger partial charge in [0.25, 0.3) is 0 Å². The molecule has 0 saturated carbocycles. The van der Waals surface area contributed by atoms with Crippen LogP contribution in [0.15, 0.2) is 18.2 Å². The highest BCUT2D eigenvalue weighted by Crippen LogP contribution is 2.21. The van der Waals surface area contributed by atoms with Crippen LogP contribution in [0, 0.1) is 0 Å². The summed E-state index contributed by atoms with van der Waals surface area (Å²) in [5.41, 5.74) is 1.33. The molecular weight excluding hydrogens is 327 g/mol. The van der Waals surface area contributed by atoms with Gasteiger partial charge in [-0.15, -0.1) is 12.4 Å². The Kier molecular flexibility index (Phi) is 13.2. The van der Waals surface area contributed by atoms with Gasteiger partial charge in [0.15, 0.2) is 0 Å². The fourth-order valence-electron chi connectivity index (χ4n) is 1.60. The molecule has 0 aliphatic carbocycles. The van der Waals surface area contributed by atoms with Gasteiger partial charge in [-0.3, -0.25) is 0 Å². The molecule has 1 aromatic rings. The molecule has 0 bridgehead atoms. The van der Waals surface area contributed by atoms with Crippen molar-refractivity contribution in [1.82, 2.24) is 4.90 Å². The fourth-order valence-corrected chi connectivity index (χ4v) is 1.86. The number of ether oxygens (including phenoxy) is 1. The van der Waals surface area contributed by atoms with Gasteiger partial charge in [-0.1, -0.05) is 24.9 Å². The minimum Gasteiger partial charge on any atom is -0.461 e. The van der Waals surface area contributed by atoms with Crippen LogP contribution in [0.25, 0.3) is 0 Å². The highest BCUT2D eigenvalue weighted by Gasteiger charge is 2.12. The molecule has 0 radical (unpaired) electrons. The quantitative estimate of drug-likeness (QED) is 0.576. The van der Waals surface area contributed by atoms with Crippen LogP contribution in [0.1, 0.15) is 30.1 Å². The smallest absolute Gasteiger partial charge is 0.339 e. The minimum atomic E-state index is -0.378. The number of likely N-dealkylation sites (N-methyl/N-ethyl adjacent to an activating group) is 1. The molecule has 3 N–H and O–H groups in total. The largest absolute Gasteiger partial charge is 0.461 e. The number of halogens is 2. The van der Waals surface area contributed by atoms with E-state index in [0.29, 0.717) is 23.7 Å². The molecule has 5 nitrogen and oxygen atoms in total. The average molecular weight is 353 g/mol. The minimum absolute atomic E-state index is 0. The Balaban J connectivity index is 0. The summed E-state index contributed by atoms with van der Waals surface area (Å²) in [5.74, 6) is -0.378. The lowest BCUT2D eigenvalue weighted by Gasteiger charge is -2.11. The van der Waals surface area contributed by atoms with Crippen molar-refractivity contribution in [1.29, 1.82) is 0 Å². The first-order valence-electron chi connectivity index (χ1n) is 6.90. The van der Waals surface area contributed by atoms with E-state index in [9.17, 15) is 4.79 Å². The molecule has 0 aliphatic heterocycles. The Labute approximate surface area is 143 Å². The van der Waals surface area contributed by atoms with Crippen LogP contribution in [0.3, 0.4) is 0 Å². The number of nitrogens with zero attached hydrogens (tertiary/aromatic N) is 1. The second-order valence-corrected chi connectivity index (χ2v) is 5.32. The predicted molar refractivity (Wildman–Crippen MR) is 94.5 cm³/mol. The Bertz CT molecular complexity index is 443. The summed E-state index contributed by atoms with van der Waals surface area (Å²) in [6.07, 6.45) is 2.24. The molecule has 0 atom stereocenters. The first kappa shape index (κ1) is 23.3. The van der Waals surface area contributed by atoms with Gasteiger partial charge in [0.05, 0.1) is 10.6 Å². The number of carbonyl (C=O) groups is 1. The van der Waals surface area contributed by atoms with Crippen LogP contribution in [0.4, 0.5) is 5.69 Å². The van der Waals surface area contributed by atoms with Crippen LogP contribution in [0.2, 0.25) is 5.02 Å². The summed E-state index contributed by atoms with van der Waals surface area (Å²) in [7, 11) is 3.86. The van der Waals surface area contributed by atoms with E-state index in [-0.39, 0.29) is 23.9 Å². The van der Waals surface area contributed by atoms with E-state index in [1.807, 2.05) is 25.1 Å². The summed E-state index contributed by atoms with van der Waals surface area (Å²) in [4.78, 5) is 13.8. The normalized spacial score (nSPS) is 9.68. The van der Waals surface area contributed by atoms with E-state index in [1.165, 1.54) is 0 Å². The summed E-state index contributed by atoms with van der Waals surface area (Å²) in [5, 5.41) is 3.69. The lowest BCUT2D eigenvalue weighted by Crippen LogP contribution is -2.20. The fraction of sp³-hybridized carbons (Fsp3) is 0.533. The van der Waals surface area contributed by atoms with Crippen molar-refractivity contribution < 1.29 is 15.0 Å². The molecule has 7 heteroatoms. The molecule has 0 spiro atoms. The van der Waals surface area contributed by atoms with Crippen LogP contribution < -0.4 is 5.32 Å². The molecule has 0 unspecified atom stereocenters. The number of hydrogen-bond donors (Lipinski definition) is 1. The van der Waals surface area contributed by atoms with Crippen LogP contribution in [-0.2, 0) is 4.74 Å². The third-order valence-corrected chi connectivity index (χ3v) is 3.13. The molecule has 0 aliphatic rings. The molecule has 1 rings (SSSR count). The number of carbonyl (C=O) groups excluding carboxylic acids is 1. The number of benzene rings is 1.